The highest BCUT2D eigenvalue weighted by molar-refractivity contribution is 7.47. The van der Waals surface area contributed by atoms with Crippen LogP contribution < -0.4 is 5.73 Å². The topological polar surface area (TPSA) is 172 Å². The lowest BCUT2D eigenvalue weighted by Crippen LogP contribution is -2.34. The predicted octanol–water partition coefficient (Wildman–Crippen LogP) is 11.1. The molecule has 0 aromatic rings. The Bertz CT molecular complexity index is 1020. The van der Waals surface area contributed by atoms with Crippen molar-refractivity contribution in [2.45, 2.75) is 206 Å². The van der Waals surface area contributed by atoms with Crippen LogP contribution in [0.1, 0.15) is 194 Å². The molecule has 0 amide bonds. The van der Waals surface area contributed by atoms with E-state index < -0.39 is 51.1 Å². The molecule has 0 aromatic heterocycles. The first-order valence-electron chi connectivity index (χ1n) is 21.4. The fraction of sp³-hybridized carbons (Fsp3) is 0.833. The van der Waals surface area contributed by atoms with E-state index in [4.69, 9.17) is 24.8 Å². The minimum absolute atomic E-state index is 0.149. The molecule has 0 heterocycles. The van der Waals surface area contributed by atoms with Crippen molar-refractivity contribution in [1.82, 2.24) is 0 Å². The Hall–Kier alpha value is -2.04. The summed E-state index contributed by atoms with van der Waals surface area (Å²) in [7, 11) is -4.72. The van der Waals surface area contributed by atoms with Crippen LogP contribution in [0.2, 0.25) is 0 Å². The number of carbonyl (C=O) groups is 3. The van der Waals surface area contributed by atoms with Crippen molar-refractivity contribution >= 4 is 25.7 Å². The molecule has 1 unspecified atom stereocenters. The molecule has 0 saturated carbocycles. The van der Waals surface area contributed by atoms with Gasteiger partial charge in [-0.1, -0.05) is 141 Å². The monoisotopic (exact) mass is 788 g/mol. The number of phosphoric acid groups is 1. The van der Waals surface area contributed by atoms with E-state index in [1.807, 2.05) is 0 Å². The predicted molar refractivity (Wildman–Crippen MR) is 217 cm³/mol. The SMILES string of the molecule is CCCCCCCC/C=C/CCCCCCCC(=O)O[C@H](COC(=O)CCCC/C=C/CCCCCCCCCCC)COP(=O)(O)OC[C@H](N)C(=O)O. The number of nitrogens with two attached hydrogens (primary N) is 1. The molecule has 11 nitrogen and oxygen atoms in total. The molecule has 3 atom stereocenters. The maximum absolute atomic E-state index is 12.6. The molecule has 0 saturated heterocycles. The van der Waals surface area contributed by atoms with Crippen LogP contribution in [-0.2, 0) is 37.5 Å². The van der Waals surface area contributed by atoms with Gasteiger partial charge in [0, 0.05) is 12.8 Å². The second-order valence-electron chi connectivity index (χ2n) is 14.5. The third kappa shape index (κ3) is 36.9. The van der Waals surface area contributed by atoms with Gasteiger partial charge in [0.1, 0.15) is 12.6 Å². The van der Waals surface area contributed by atoms with Crippen molar-refractivity contribution in [2.24, 2.45) is 5.73 Å². The summed E-state index contributed by atoms with van der Waals surface area (Å²) in [5.41, 5.74) is 5.33. The number of hydrogen-bond donors (Lipinski definition) is 3. The second kappa shape index (κ2) is 37.9. The smallest absolute Gasteiger partial charge is 0.472 e. The number of hydrogen-bond acceptors (Lipinski definition) is 9. The van der Waals surface area contributed by atoms with E-state index in [1.54, 1.807) is 0 Å². The molecule has 0 aliphatic heterocycles. The molecule has 4 N–H and O–H groups in total. The van der Waals surface area contributed by atoms with Gasteiger partial charge in [0.2, 0.25) is 0 Å². The van der Waals surface area contributed by atoms with Crippen molar-refractivity contribution in [3.8, 4) is 0 Å². The lowest BCUT2D eigenvalue weighted by molar-refractivity contribution is -0.161. The van der Waals surface area contributed by atoms with Crippen molar-refractivity contribution in [2.75, 3.05) is 19.8 Å². The lowest BCUT2D eigenvalue weighted by atomic mass is 10.1. The zero-order valence-corrected chi connectivity index (χ0v) is 35.0. The van der Waals surface area contributed by atoms with Crippen LogP contribution in [0.5, 0.6) is 0 Å². The third-order valence-electron chi connectivity index (χ3n) is 9.17. The van der Waals surface area contributed by atoms with Gasteiger partial charge in [-0.2, -0.15) is 0 Å². The van der Waals surface area contributed by atoms with Crippen molar-refractivity contribution in [3.63, 3.8) is 0 Å². The van der Waals surface area contributed by atoms with Crippen LogP contribution in [0.25, 0.3) is 0 Å². The maximum atomic E-state index is 12.6. The highest BCUT2D eigenvalue weighted by Gasteiger charge is 2.28. The van der Waals surface area contributed by atoms with Gasteiger partial charge >= 0.3 is 25.7 Å². The van der Waals surface area contributed by atoms with Gasteiger partial charge in [-0.3, -0.25) is 23.4 Å². The van der Waals surface area contributed by atoms with E-state index in [-0.39, 0.29) is 19.4 Å². The van der Waals surface area contributed by atoms with Gasteiger partial charge in [-0.15, -0.1) is 0 Å². The van der Waals surface area contributed by atoms with Gasteiger partial charge in [0.05, 0.1) is 13.2 Å². The number of allylic oxidation sites excluding steroid dienone is 4. The third-order valence-corrected chi connectivity index (χ3v) is 10.1. The highest BCUT2D eigenvalue weighted by atomic mass is 31.2. The first kappa shape index (κ1) is 52.0. The minimum Gasteiger partial charge on any atom is -0.480 e. The number of phosphoric ester groups is 1. The first-order chi connectivity index (χ1) is 26.1. The largest absolute Gasteiger partial charge is 0.480 e. The summed E-state index contributed by atoms with van der Waals surface area (Å²) in [6.07, 6.45) is 38.2. The Morgan fingerprint density at radius 2 is 0.926 bits per heavy atom. The van der Waals surface area contributed by atoms with Gasteiger partial charge in [0.15, 0.2) is 6.10 Å². The van der Waals surface area contributed by atoms with E-state index in [0.717, 1.165) is 57.8 Å². The molecule has 0 spiro atoms. The Labute approximate surface area is 328 Å². The normalized spacial score (nSPS) is 14.0. The quantitative estimate of drug-likeness (QED) is 0.0233. The number of carboxylic acid groups (broad SMARTS) is 1. The van der Waals surface area contributed by atoms with Gasteiger partial charge in [-0.25, -0.2) is 4.57 Å². The molecule has 0 aliphatic rings. The first-order valence-corrected chi connectivity index (χ1v) is 22.9. The number of carbonyl (C=O) groups excluding carboxylic acids is 2. The van der Waals surface area contributed by atoms with Gasteiger partial charge in [0.25, 0.3) is 0 Å². The van der Waals surface area contributed by atoms with Crippen molar-refractivity contribution in [3.05, 3.63) is 24.3 Å². The number of carboxylic acids is 1. The summed E-state index contributed by atoms with van der Waals surface area (Å²) >= 11 is 0. The minimum atomic E-state index is -4.72. The number of aliphatic carboxylic acids is 1. The second-order valence-corrected chi connectivity index (χ2v) is 15.9. The maximum Gasteiger partial charge on any atom is 0.472 e. The Kier molecular flexibility index (Phi) is 36.4. The zero-order valence-electron chi connectivity index (χ0n) is 34.1. The van der Waals surface area contributed by atoms with Crippen LogP contribution >= 0.6 is 7.82 Å². The molecule has 54 heavy (non-hydrogen) atoms. The van der Waals surface area contributed by atoms with E-state index in [0.29, 0.717) is 12.8 Å². The molecular weight excluding hydrogens is 709 g/mol. The molecule has 316 valence electrons. The van der Waals surface area contributed by atoms with Crippen LogP contribution in [0.4, 0.5) is 0 Å². The highest BCUT2D eigenvalue weighted by Crippen LogP contribution is 2.43. The molecule has 0 bridgehead atoms. The van der Waals surface area contributed by atoms with Crippen LogP contribution in [0.3, 0.4) is 0 Å². The number of esters is 2. The van der Waals surface area contributed by atoms with Crippen molar-refractivity contribution < 1.29 is 47.5 Å². The van der Waals surface area contributed by atoms with E-state index in [2.05, 4.69) is 42.7 Å². The van der Waals surface area contributed by atoms with E-state index in [1.165, 1.54) is 96.3 Å². The van der Waals surface area contributed by atoms with Gasteiger partial charge < -0.3 is 25.2 Å². The van der Waals surface area contributed by atoms with Crippen LogP contribution in [0.15, 0.2) is 24.3 Å². The number of ether oxygens (including phenoxy) is 2. The molecule has 12 heteroatoms. The van der Waals surface area contributed by atoms with E-state index >= 15 is 0 Å². The summed E-state index contributed by atoms with van der Waals surface area (Å²) in [5, 5.41) is 8.88. The summed E-state index contributed by atoms with van der Waals surface area (Å²) in [6, 6.07) is -1.52. The Morgan fingerprint density at radius 3 is 1.39 bits per heavy atom. The van der Waals surface area contributed by atoms with Crippen LogP contribution in [-0.4, -0.2) is 59.9 Å². The summed E-state index contributed by atoms with van der Waals surface area (Å²) < 4.78 is 32.6. The van der Waals surface area contributed by atoms with Crippen LogP contribution in [0, 0.1) is 0 Å². The summed E-state index contributed by atoms with van der Waals surface area (Å²) in [5.74, 6) is -2.41. The standard InChI is InChI=1S/C42H78NO10P/c1-3-5-7-9-11-13-15-17-19-21-23-25-27-29-31-33-40(44)50-35-38(36-51-54(48,49)52-37-39(43)42(46)47)53-41(45)34-32-30-28-26-24-22-20-18-16-14-12-10-8-6-4-2/h18,20,23,25,38-39H,3-17,19,21-22,24,26-37,43H2,1-2H3,(H,46,47)(H,48,49)/b20-18+,25-23+/t38-,39+/m1/s1. The number of rotatable bonds is 40. The number of unbranched alkanes of at least 4 members (excludes halogenated alkanes) is 22. The fourth-order valence-corrected chi connectivity index (χ4v) is 6.54. The lowest BCUT2D eigenvalue weighted by Gasteiger charge is -2.20. The van der Waals surface area contributed by atoms with Gasteiger partial charge in [-0.05, 0) is 64.2 Å². The Balaban J connectivity index is 4.41. The molecule has 0 fully saturated rings. The molecule has 0 aliphatic carbocycles. The summed E-state index contributed by atoms with van der Waals surface area (Å²) in [4.78, 5) is 45.9. The molecule has 0 aromatic carbocycles. The molecule has 0 radical (unpaired) electrons. The summed E-state index contributed by atoms with van der Waals surface area (Å²) in [6.45, 7) is 2.77. The molecule has 0 rings (SSSR count). The molecular formula is C42H78NO10P. The zero-order chi connectivity index (χ0) is 40.0. The average Bonchev–Trinajstić information content (AvgIpc) is 3.14. The van der Waals surface area contributed by atoms with E-state index in [9.17, 15) is 23.8 Å². The Morgan fingerprint density at radius 1 is 0.556 bits per heavy atom. The fourth-order valence-electron chi connectivity index (χ4n) is 5.76. The average molecular weight is 788 g/mol. The van der Waals surface area contributed by atoms with Crippen molar-refractivity contribution in [1.29, 1.82) is 0 Å².